The Hall–Kier alpha value is -0.110. The Kier molecular flexibility index (Phi) is 1.00. The molecule has 0 radical (unpaired) electrons. The summed E-state index contributed by atoms with van der Waals surface area (Å²) in [6, 6.07) is 0. The molecule has 0 amide bonds. The minimum absolute atomic E-state index is 1.28. The Morgan fingerprint density at radius 3 is 3.38 bits per heavy atom. The Morgan fingerprint density at radius 2 is 2.50 bits per heavy atom. The first-order valence-corrected chi connectivity index (χ1v) is 4.03. The van der Waals surface area contributed by atoms with Crippen molar-refractivity contribution in [1.29, 1.82) is 0 Å². The van der Waals surface area contributed by atoms with E-state index in [1.165, 1.54) is 30.3 Å². The molecule has 1 nitrogen and oxygen atoms in total. The highest BCUT2D eigenvalue weighted by Gasteiger charge is 2.19. The van der Waals surface area contributed by atoms with Gasteiger partial charge in [0.1, 0.15) is 0 Å². The molecular formula is C6H9NS. The predicted molar refractivity (Wildman–Crippen MR) is 36.7 cm³/mol. The highest BCUT2D eigenvalue weighted by atomic mass is 32.2. The number of hydrogen-bond acceptors (Lipinski definition) is 2. The molecule has 0 aliphatic carbocycles. The molecule has 2 heteroatoms. The summed E-state index contributed by atoms with van der Waals surface area (Å²) >= 11 is 2.00. The highest BCUT2D eigenvalue weighted by Crippen LogP contribution is 2.31. The minimum Gasteiger partial charge on any atom is -0.365 e. The lowest BCUT2D eigenvalue weighted by Crippen LogP contribution is -2.13. The second-order valence-electron chi connectivity index (χ2n) is 2.17. The van der Waals surface area contributed by atoms with Crippen molar-refractivity contribution in [2.45, 2.75) is 6.42 Å². The fourth-order valence-electron chi connectivity index (χ4n) is 1.22. The Morgan fingerprint density at radius 1 is 1.50 bits per heavy atom. The molecule has 2 aliphatic heterocycles. The van der Waals surface area contributed by atoms with Crippen molar-refractivity contribution >= 4 is 11.8 Å². The predicted octanol–water partition coefficient (Wildman–Crippen LogP) is 1.28. The van der Waals surface area contributed by atoms with Crippen LogP contribution in [0.15, 0.2) is 11.1 Å². The maximum atomic E-state index is 2.46. The van der Waals surface area contributed by atoms with Crippen LogP contribution in [0.1, 0.15) is 6.42 Å². The average Bonchev–Trinajstić information content (AvgIpc) is 2.15. The van der Waals surface area contributed by atoms with Crippen LogP contribution < -0.4 is 0 Å². The van der Waals surface area contributed by atoms with Gasteiger partial charge in [-0.3, -0.25) is 0 Å². The molecule has 1 saturated heterocycles. The first-order valence-electron chi connectivity index (χ1n) is 3.05. The minimum atomic E-state index is 1.28. The Balaban J connectivity index is 2.20. The van der Waals surface area contributed by atoms with Gasteiger partial charge in [0.25, 0.3) is 0 Å². The van der Waals surface area contributed by atoms with Crippen LogP contribution in [0.2, 0.25) is 0 Å². The van der Waals surface area contributed by atoms with E-state index < -0.39 is 0 Å². The molecule has 0 atom stereocenters. The topological polar surface area (TPSA) is 3.24 Å². The number of hydrogen-bond donors (Lipinski definition) is 0. The van der Waals surface area contributed by atoms with Crippen LogP contribution >= 0.6 is 11.8 Å². The molecule has 0 aromatic rings. The van der Waals surface area contributed by atoms with Gasteiger partial charge in [-0.1, -0.05) is 6.08 Å². The van der Waals surface area contributed by atoms with Crippen LogP contribution in [0.25, 0.3) is 0 Å². The largest absolute Gasteiger partial charge is 0.365 e. The second kappa shape index (κ2) is 1.69. The quantitative estimate of drug-likeness (QED) is 0.482. The molecule has 0 aromatic heterocycles. The number of fused-ring (bicyclic) bond motifs is 1. The van der Waals surface area contributed by atoms with E-state index in [1.54, 1.807) is 0 Å². The molecule has 44 valence electrons. The van der Waals surface area contributed by atoms with E-state index in [2.05, 4.69) is 11.0 Å². The van der Waals surface area contributed by atoms with Gasteiger partial charge in [-0.05, 0) is 6.42 Å². The van der Waals surface area contributed by atoms with E-state index in [0.717, 1.165) is 0 Å². The lowest BCUT2D eigenvalue weighted by molar-refractivity contribution is 0.437. The molecule has 2 rings (SSSR count). The number of rotatable bonds is 0. The van der Waals surface area contributed by atoms with E-state index in [0.29, 0.717) is 0 Å². The lowest BCUT2D eigenvalue weighted by atomic mass is 10.5. The Labute approximate surface area is 53.7 Å². The molecule has 2 aliphatic rings. The number of thioether (sulfide) groups is 1. The van der Waals surface area contributed by atoms with Crippen LogP contribution in [0.4, 0.5) is 0 Å². The monoisotopic (exact) mass is 127 g/mol. The van der Waals surface area contributed by atoms with Crippen LogP contribution in [-0.2, 0) is 0 Å². The highest BCUT2D eigenvalue weighted by molar-refractivity contribution is 8.03. The van der Waals surface area contributed by atoms with E-state index in [-0.39, 0.29) is 0 Å². The molecule has 0 saturated carbocycles. The van der Waals surface area contributed by atoms with Crippen LogP contribution in [0, 0.1) is 0 Å². The molecule has 0 unspecified atom stereocenters. The van der Waals surface area contributed by atoms with Crippen molar-refractivity contribution in [1.82, 2.24) is 4.90 Å². The van der Waals surface area contributed by atoms with E-state index in [4.69, 9.17) is 0 Å². The summed E-state index contributed by atoms with van der Waals surface area (Å²) in [7, 11) is 0. The van der Waals surface area contributed by atoms with Gasteiger partial charge in [-0.2, -0.15) is 0 Å². The summed E-state index contributed by atoms with van der Waals surface area (Å²) in [6.07, 6.45) is 3.62. The zero-order chi connectivity index (χ0) is 5.40. The van der Waals surface area contributed by atoms with E-state index in [9.17, 15) is 0 Å². The standard InChI is InChI=1S/C6H9NS/c1-2-6-7(3-1)4-5-8-6/h2H,1,3-5H2. The average molecular weight is 127 g/mol. The first kappa shape index (κ1) is 4.74. The van der Waals surface area contributed by atoms with E-state index in [1.807, 2.05) is 11.8 Å². The van der Waals surface area contributed by atoms with Crippen molar-refractivity contribution < 1.29 is 0 Å². The molecule has 0 bridgehead atoms. The summed E-state index contributed by atoms with van der Waals surface area (Å²) in [4.78, 5) is 2.46. The van der Waals surface area contributed by atoms with Crippen molar-refractivity contribution in [2.24, 2.45) is 0 Å². The third-order valence-corrected chi connectivity index (χ3v) is 2.75. The van der Waals surface area contributed by atoms with Crippen molar-refractivity contribution in [3.63, 3.8) is 0 Å². The van der Waals surface area contributed by atoms with Gasteiger partial charge >= 0.3 is 0 Å². The third-order valence-electron chi connectivity index (χ3n) is 1.64. The van der Waals surface area contributed by atoms with Gasteiger partial charge in [-0.25, -0.2) is 0 Å². The lowest BCUT2D eigenvalue weighted by Gasteiger charge is -2.09. The normalized spacial score (nSPS) is 26.0. The maximum Gasteiger partial charge on any atom is 0.0668 e. The molecule has 2 heterocycles. The fourth-order valence-corrected chi connectivity index (χ4v) is 2.34. The van der Waals surface area contributed by atoms with Gasteiger partial charge in [0, 0.05) is 18.8 Å². The molecule has 8 heavy (non-hydrogen) atoms. The van der Waals surface area contributed by atoms with Gasteiger partial charge in [0.15, 0.2) is 0 Å². The molecule has 0 spiro atoms. The first-order chi connectivity index (χ1) is 3.97. The van der Waals surface area contributed by atoms with Crippen LogP contribution in [0.3, 0.4) is 0 Å². The maximum absolute atomic E-state index is 2.46. The van der Waals surface area contributed by atoms with Gasteiger partial charge in [-0.15, -0.1) is 11.8 Å². The fraction of sp³-hybridized carbons (Fsp3) is 0.667. The second-order valence-corrected chi connectivity index (χ2v) is 3.28. The number of nitrogens with zero attached hydrogens (tertiary/aromatic N) is 1. The zero-order valence-corrected chi connectivity index (χ0v) is 5.58. The van der Waals surface area contributed by atoms with Crippen LogP contribution in [-0.4, -0.2) is 23.7 Å². The van der Waals surface area contributed by atoms with Crippen molar-refractivity contribution in [3.8, 4) is 0 Å². The van der Waals surface area contributed by atoms with Crippen molar-refractivity contribution in [3.05, 3.63) is 11.1 Å². The summed E-state index contributed by atoms with van der Waals surface area (Å²) in [6.45, 7) is 2.57. The molecule has 0 aromatic carbocycles. The van der Waals surface area contributed by atoms with Crippen LogP contribution in [0.5, 0.6) is 0 Å². The SMILES string of the molecule is C1=C2SCCN2CC1. The summed E-state index contributed by atoms with van der Waals surface area (Å²) < 4.78 is 0. The van der Waals surface area contributed by atoms with Gasteiger partial charge in [0.05, 0.1) is 5.03 Å². The summed E-state index contributed by atoms with van der Waals surface area (Å²) in [5.41, 5.74) is 0. The van der Waals surface area contributed by atoms with Gasteiger partial charge in [0.2, 0.25) is 0 Å². The molecule has 0 N–H and O–H groups in total. The van der Waals surface area contributed by atoms with Crippen molar-refractivity contribution in [2.75, 3.05) is 18.8 Å². The summed E-state index contributed by atoms with van der Waals surface area (Å²) in [5, 5.41) is 1.53. The third kappa shape index (κ3) is 0.558. The zero-order valence-electron chi connectivity index (χ0n) is 4.76. The van der Waals surface area contributed by atoms with E-state index >= 15 is 0 Å². The summed E-state index contributed by atoms with van der Waals surface area (Å²) in [5.74, 6) is 1.31. The molecular weight excluding hydrogens is 118 g/mol. The van der Waals surface area contributed by atoms with Gasteiger partial charge < -0.3 is 4.90 Å². The Bertz CT molecular complexity index is 130. The molecule has 1 fully saturated rings. The smallest absolute Gasteiger partial charge is 0.0668 e.